The molecule has 1 unspecified atom stereocenters. The third-order valence-electron chi connectivity index (χ3n) is 4.68. The van der Waals surface area contributed by atoms with E-state index in [4.69, 9.17) is 15.6 Å². The number of carbonyl (C=O) groups excluding carboxylic acids is 1. The summed E-state index contributed by atoms with van der Waals surface area (Å²) < 4.78 is 5.88. The van der Waals surface area contributed by atoms with E-state index in [1.165, 1.54) is 0 Å². The Kier molecular flexibility index (Phi) is 5.73. The number of ether oxygens (including phenoxy) is 1. The predicted molar refractivity (Wildman–Crippen MR) is 110 cm³/mol. The zero-order chi connectivity index (χ0) is 20.3. The molecule has 1 aromatic carbocycles. The monoisotopic (exact) mass is 379 g/mol. The van der Waals surface area contributed by atoms with Gasteiger partial charge in [0.1, 0.15) is 17.3 Å². The summed E-state index contributed by atoms with van der Waals surface area (Å²) in [5.41, 5.74) is 1.84. The fourth-order valence-electron chi connectivity index (χ4n) is 3.30. The van der Waals surface area contributed by atoms with Gasteiger partial charge in [-0.3, -0.25) is 15.6 Å². The molecule has 0 saturated heterocycles. The second-order valence-corrected chi connectivity index (χ2v) is 7.01. The van der Waals surface area contributed by atoms with Gasteiger partial charge in [-0.25, -0.2) is 4.98 Å². The van der Waals surface area contributed by atoms with Gasteiger partial charge in [-0.1, -0.05) is 17.7 Å². The quantitative estimate of drug-likeness (QED) is 0.478. The number of carbonyl (C=O) groups is 1. The van der Waals surface area contributed by atoms with Gasteiger partial charge in [0.05, 0.1) is 18.0 Å². The van der Waals surface area contributed by atoms with E-state index < -0.39 is 0 Å². The summed E-state index contributed by atoms with van der Waals surface area (Å²) in [6.07, 6.45) is 1.48. The highest BCUT2D eigenvalue weighted by molar-refractivity contribution is 6.07. The SMILES string of the molecule is CC(=N)N1C(=N)c2cccc(n2)NC(=O)c2cc(C)ccc2OCCCC1C. The number of aromatic nitrogens is 1. The Morgan fingerprint density at radius 3 is 2.86 bits per heavy atom. The Labute approximate surface area is 164 Å². The molecule has 7 heteroatoms. The van der Waals surface area contributed by atoms with Crippen molar-refractivity contribution in [2.75, 3.05) is 11.9 Å². The maximum Gasteiger partial charge on any atom is 0.260 e. The molecule has 2 bridgehead atoms. The molecule has 0 spiro atoms. The summed E-state index contributed by atoms with van der Waals surface area (Å²) in [6, 6.07) is 10.6. The molecule has 2 aromatic rings. The van der Waals surface area contributed by atoms with Crippen LogP contribution in [0.5, 0.6) is 5.75 Å². The van der Waals surface area contributed by atoms with Crippen LogP contribution >= 0.6 is 0 Å². The molecule has 0 saturated carbocycles. The number of pyridine rings is 1. The summed E-state index contributed by atoms with van der Waals surface area (Å²) in [4.78, 5) is 18.9. The normalized spacial score (nSPS) is 17.8. The minimum atomic E-state index is -0.305. The van der Waals surface area contributed by atoms with E-state index in [0.717, 1.165) is 18.4 Å². The molecule has 1 aliphatic rings. The minimum Gasteiger partial charge on any atom is -0.493 e. The molecule has 1 atom stereocenters. The summed E-state index contributed by atoms with van der Waals surface area (Å²) in [6.45, 7) is 6.03. The highest BCUT2D eigenvalue weighted by Gasteiger charge is 2.22. The van der Waals surface area contributed by atoms with Crippen LogP contribution in [0, 0.1) is 17.7 Å². The number of amides is 1. The highest BCUT2D eigenvalue weighted by atomic mass is 16.5. The molecule has 3 rings (SSSR count). The lowest BCUT2D eigenvalue weighted by Crippen LogP contribution is -2.42. The van der Waals surface area contributed by atoms with Crippen LogP contribution in [0.25, 0.3) is 0 Å². The molecule has 0 aliphatic carbocycles. The lowest BCUT2D eigenvalue weighted by atomic mass is 10.1. The average Bonchev–Trinajstić information content (AvgIpc) is 2.65. The third kappa shape index (κ3) is 4.19. The van der Waals surface area contributed by atoms with E-state index in [2.05, 4.69) is 10.3 Å². The van der Waals surface area contributed by atoms with Crippen molar-refractivity contribution in [3.63, 3.8) is 0 Å². The van der Waals surface area contributed by atoms with Gasteiger partial charge in [-0.15, -0.1) is 0 Å². The lowest BCUT2D eigenvalue weighted by Gasteiger charge is -2.30. The molecule has 1 aliphatic heterocycles. The van der Waals surface area contributed by atoms with Gasteiger partial charge in [0.2, 0.25) is 0 Å². The van der Waals surface area contributed by atoms with Crippen molar-refractivity contribution < 1.29 is 9.53 Å². The van der Waals surface area contributed by atoms with E-state index in [1.807, 2.05) is 26.0 Å². The third-order valence-corrected chi connectivity index (χ3v) is 4.68. The number of benzene rings is 1. The van der Waals surface area contributed by atoms with Crippen molar-refractivity contribution in [2.45, 2.75) is 39.7 Å². The Hall–Kier alpha value is -3.22. The van der Waals surface area contributed by atoms with Gasteiger partial charge in [-0.2, -0.15) is 0 Å². The molecule has 1 amide bonds. The van der Waals surface area contributed by atoms with Gasteiger partial charge < -0.3 is 15.0 Å². The van der Waals surface area contributed by atoms with E-state index in [-0.39, 0.29) is 23.6 Å². The first-order valence-electron chi connectivity index (χ1n) is 9.32. The highest BCUT2D eigenvalue weighted by Crippen LogP contribution is 2.23. The lowest BCUT2D eigenvalue weighted by molar-refractivity contribution is 0.102. The number of nitrogens with zero attached hydrogens (tertiary/aromatic N) is 2. The first-order valence-corrected chi connectivity index (χ1v) is 9.32. The number of rotatable bonds is 0. The molecule has 3 N–H and O–H groups in total. The Balaban J connectivity index is 2.02. The van der Waals surface area contributed by atoms with Gasteiger partial charge in [-0.05, 0) is 57.9 Å². The summed E-state index contributed by atoms with van der Waals surface area (Å²) >= 11 is 0. The summed E-state index contributed by atoms with van der Waals surface area (Å²) in [5, 5.41) is 19.4. The zero-order valence-electron chi connectivity index (χ0n) is 16.4. The summed E-state index contributed by atoms with van der Waals surface area (Å²) in [7, 11) is 0. The van der Waals surface area contributed by atoms with Crippen molar-refractivity contribution in [3.8, 4) is 5.75 Å². The van der Waals surface area contributed by atoms with Crippen LogP contribution in [0.2, 0.25) is 0 Å². The standard InChI is InChI=1S/C21H25N5O2/c1-13-9-10-18-16(12-13)21(27)25-19-8-4-7-17(24-19)20(23)26(15(3)22)14(2)6-5-11-28-18/h4,7-10,12,14,22-23H,5-6,11H2,1-3H3,(H,24,25,27). The molecule has 7 nitrogen and oxygen atoms in total. The molecular weight excluding hydrogens is 354 g/mol. The molecular formula is C21H25N5O2. The smallest absolute Gasteiger partial charge is 0.260 e. The van der Waals surface area contributed by atoms with Crippen molar-refractivity contribution in [1.82, 2.24) is 9.88 Å². The van der Waals surface area contributed by atoms with E-state index in [1.54, 1.807) is 36.1 Å². The fourth-order valence-corrected chi connectivity index (χ4v) is 3.30. The van der Waals surface area contributed by atoms with Crippen LogP contribution in [0.1, 0.15) is 48.3 Å². The Morgan fingerprint density at radius 2 is 2.11 bits per heavy atom. The zero-order valence-corrected chi connectivity index (χ0v) is 16.4. The molecule has 1 aromatic heterocycles. The second-order valence-electron chi connectivity index (χ2n) is 7.01. The van der Waals surface area contributed by atoms with Gasteiger partial charge in [0, 0.05) is 6.04 Å². The van der Waals surface area contributed by atoms with Crippen molar-refractivity contribution in [3.05, 3.63) is 53.2 Å². The Bertz CT molecular complexity index is 925. The van der Waals surface area contributed by atoms with Crippen LogP contribution in [-0.2, 0) is 0 Å². The van der Waals surface area contributed by atoms with E-state index >= 15 is 0 Å². The number of hydrogen-bond acceptors (Lipinski definition) is 5. The average molecular weight is 379 g/mol. The molecule has 2 heterocycles. The van der Waals surface area contributed by atoms with Crippen molar-refractivity contribution >= 4 is 23.4 Å². The molecule has 0 radical (unpaired) electrons. The maximum atomic E-state index is 12.8. The van der Waals surface area contributed by atoms with E-state index in [9.17, 15) is 4.79 Å². The minimum absolute atomic E-state index is 0.0472. The Morgan fingerprint density at radius 1 is 1.32 bits per heavy atom. The maximum absolute atomic E-state index is 12.8. The van der Waals surface area contributed by atoms with Gasteiger partial charge in [0.25, 0.3) is 5.91 Å². The molecule has 146 valence electrons. The number of amidine groups is 2. The summed E-state index contributed by atoms with van der Waals surface area (Å²) in [5.74, 6) is 1.01. The second kappa shape index (κ2) is 8.21. The van der Waals surface area contributed by atoms with Crippen LogP contribution in [0.15, 0.2) is 36.4 Å². The molecule has 28 heavy (non-hydrogen) atoms. The van der Waals surface area contributed by atoms with Crippen LogP contribution in [-0.4, -0.2) is 40.1 Å². The largest absolute Gasteiger partial charge is 0.493 e. The number of hydrogen-bond donors (Lipinski definition) is 3. The first-order chi connectivity index (χ1) is 13.4. The van der Waals surface area contributed by atoms with Crippen LogP contribution < -0.4 is 10.1 Å². The van der Waals surface area contributed by atoms with Crippen LogP contribution in [0.4, 0.5) is 5.82 Å². The van der Waals surface area contributed by atoms with Gasteiger partial charge in [0.15, 0.2) is 5.84 Å². The van der Waals surface area contributed by atoms with Crippen molar-refractivity contribution in [1.29, 1.82) is 10.8 Å². The molecule has 0 fully saturated rings. The predicted octanol–water partition coefficient (Wildman–Crippen LogP) is 3.83. The van der Waals surface area contributed by atoms with Crippen LogP contribution in [0.3, 0.4) is 0 Å². The number of fused-ring (bicyclic) bond motifs is 3. The van der Waals surface area contributed by atoms with Crippen molar-refractivity contribution in [2.24, 2.45) is 0 Å². The van der Waals surface area contributed by atoms with Gasteiger partial charge >= 0.3 is 0 Å². The first kappa shape index (κ1) is 19.5. The topological polar surface area (TPSA) is 102 Å². The fraction of sp³-hybridized carbons (Fsp3) is 0.333. The van der Waals surface area contributed by atoms with E-state index in [0.29, 0.717) is 29.4 Å². The number of anilines is 1. The number of nitrogens with one attached hydrogen (secondary N) is 3. The number of aryl methyl sites for hydroxylation is 1.